The molecule has 0 spiro atoms. The topological polar surface area (TPSA) is 26.3 Å². The van der Waals surface area contributed by atoms with E-state index in [1.54, 1.807) is 0 Å². The van der Waals surface area contributed by atoms with Crippen molar-refractivity contribution in [1.29, 1.82) is 0 Å². The summed E-state index contributed by atoms with van der Waals surface area (Å²) in [5, 5.41) is 0. The zero-order valence-electron chi connectivity index (χ0n) is 6.43. The average molecular weight is 274 g/mol. The minimum atomic E-state index is 0. The van der Waals surface area contributed by atoms with Crippen LogP contribution in [-0.2, 0) is 9.53 Å². The minimum absolute atomic E-state index is 0. The van der Waals surface area contributed by atoms with Crippen LogP contribution in [0.3, 0.4) is 0 Å². The van der Waals surface area contributed by atoms with Crippen LogP contribution in [0.2, 0.25) is 0 Å². The van der Waals surface area contributed by atoms with Crippen molar-refractivity contribution < 1.29 is 50.4 Å². The molecule has 0 aromatic heterocycles. The van der Waals surface area contributed by atoms with E-state index in [-0.39, 0.29) is 40.8 Å². The van der Waals surface area contributed by atoms with Crippen molar-refractivity contribution >= 4 is 6.47 Å². The fourth-order valence-corrected chi connectivity index (χ4v) is 0.660. The van der Waals surface area contributed by atoms with Crippen LogP contribution >= 0.6 is 0 Å². The monoisotopic (exact) mass is 272 g/mol. The molecular formula is C7H14NdO2. The SMILES string of the molecule is CCCCCCOC=O.[Nd]. The molecule has 58 valence electrons. The second kappa shape index (κ2) is 12.5. The molecule has 3 heteroatoms. The maximum absolute atomic E-state index is 9.62. The van der Waals surface area contributed by atoms with Crippen molar-refractivity contribution in [3.63, 3.8) is 0 Å². The van der Waals surface area contributed by atoms with Crippen molar-refractivity contribution in [2.45, 2.75) is 32.6 Å². The van der Waals surface area contributed by atoms with Gasteiger partial charge in [-0.25, -0.2) is 0 Å². The van der Waals surface area contributed by atoms with E-state index in [0.29, 0.717) is 13.1 Å². The van der Waals surface area contributed by atoms with E-state index in [0.717, 1.165) is 6.42 Å². The predicted octanol–water partition coefficient (Wildman–Crippen LogP) is 1.74. The molecule has 0 aliphatic rings. The number of unbranched alkanes of at least 4 members (excludes halogenated alkanes) is 3. The van der Waals surface area contributed by atoms with Crippen LogP contribution in [0.25, 0.3) is 0 Å². The Balaban J connectivity index is 0. The standard InChI is InChI=1S/C7H14O2.Nd/c1-2-3-4-5-6-9-7-8;/h7H,2-6H2,1H3;. The van der Waals surface area contributed by atoms with Gasteiger partial charge in [-0.3, -0.25) is 4.79 Å². The fourth-order valence-electron chi connectivity index (χ4n) is 0.660. The first-order valence-corrected chi connectivity index (χ1v) is 3.47. The molecule has 0 aliphatic heterocycles. The van der Waals surface area contributed by atoms with E-state index in [1.807, 2.05) is 0 Å². The summed E-state index contributed by atoms with van der Waals surface area (Å²) in [6.07, 6.45) is 4.64. The predicted molar refractivity (Wildman–Crippen MR) is 36.2 cm³/mol. The second-order valence-corrected chi connectivity index (χ2v) is 2.03. The molecule has 0 rings (SSSR count). The van der Waals surface area contributed by atoms with E-state index < -0.39 is 0 Å². The van der Waals surface area contributed by atoms with E-state index in [2.05, 4.69) is 11.7 Å². The van der Waals surface area contributed by atoms with Crippen molar-refractivity contribution in [3.8, 4) is 0 Å². The Hall–Kier alpha value is 0.821. The summed E-state index contributed by atoms with van der Waals surface area (Å²) in [6.45, 7) is 3.25. The Morgan fingerprint density at radius 1 is 1.30 bits per heavy atom. The molecule has 0 atom stereocenters. The number of hydrogen-bond donors (Lipinski definition) is 0. The Labute approximate surface area is 95.2 Å². The van der Waals surface area contributed by atoms with Crippen LogP contribution < -0.4 is 0 Å². The molecular weight excluding hydrogens is 260 g/mol. The van der Waals surface area contributed by atoms with E-state index in [4.69, 9.17) is 0 Å². The van der Waals surface area contributed by atoms with Gasteiger partial charge in [-0.2, -0.15) is 0 Å². The molecule has 0 unspecified atom stereocenters. The maximum atomic E-state index is 9.62. The van der Waals surface area contributed by atoms with Gasteiger partial charge in [0.1, 0.15) is 0 Å². The smallest absolute Gasteiger partial charge is 0.293 e. The van der Waals surface area contributed by atoms with Gasteiger partial charge in [0.25, 0.3) is 6.47 Å². The molecule has 0 aromatic carbocycles. The Morgan fingerprint density at radius 3 is 2.50 bits per heavy atom. The Morgan fingerprint density at radius 2 is 2.00 bits per heavy atom. The van der Waals surface area contributed by atoms with Gasteiger partial charge in [0.05, 0.1) is 6.61 Å². The molecule has 0 bridgehead atoms. The zero-order chi connectivity index (χ0) is 6.95. The summed E-state index contributed by atoms with van der Waals surface area (Å²) in [6, 6.07) is 0. The number of ether oxygens (including phenoxy) is 1. The van der Waals surface area contributed by atoms with Gasteiger partial charge < -0.3 is 4.74 Å². The number of carbonyl (C=O) groups excluding carboxylic acids is 1. The van der Waals surface area contributed by atoms with Crippen LogP contribution in [0.4, 0.5) is 0 Å². The number of rotatable bonds is 6. The molecule has 0 saturated carbocycles. The van der Waals surface area contributed by atoms with Crippen LogP contribution in [0.1, 0.15) is 32.6 Å². The first kappa shape index (κ1) is 13.4. The van der Waals surface area contributed by atoms with Gasteiger partial charge in [0.2, 0.25) is 0 Å². The summed E-state index contributed by atoms with van der Waals surface area (Å²) in [4.78, 5) is 9.62. The third-order valence-electron chi connectivity index (χ3n) is 1.18. The van der Waals surface area contributed by atoms with Gasteiger partial charge in [-0.1, -0.05) is 26.2 Å². The molecule has 0 heterocycles. The largest absolute Gasteiger partial charge is 0.468 e. The van der Waals surface area contributed by atoms with Crippen molar-refractivity contribution in [2.24, 2.45) is 0 Å². The zero-order valence-corrected chi connectivity index (χ0v) is 9.64. The van der Waals surface area contributed by atoms with Gasteiger partial charge in [-0.15, -0.1) is 0 Å². The Kier molecular flexibility index (Phi) is 16.8. The van der Waals surface area contributed by atoms with Gasteiger partial charge >= 0.3 is 0 Å². The van der Waals surface area contributed by atoms with Crippen LogP contribution in [0.5, 0.6) is 0 Å². The Bertz CT molecular complexity index is 66.6. The summed E-state index contributed by atoms with van der Waals surface area (Å²) < 4.78 is 4.50. The first-order valence-electron chi connectivity index (χ1n) is 3.47. The third kappa shape index (κ3) is 11.6. The molecule has 0 N–H and O–H groups in total. The van der Waals surface area contributed by atoms with Crippen LogP contribution in [-0.4, -0.2) is 13.1 Å². The van der Waals surface area contributed by atoms with E-state index >= 15 is 0 Å². The quantitative estimate of drug-likeness (QED) is 0.545. The van der Waals surface area contributed by atoms with Crippen molar-refractivity contribution in [2.75, 3.05) is 6.61 Å². The summed E-state index contributed by atoms with van der Waals surface area (Å²) >= 11 is 0. The molecule has 10 heavy (non-hydrogen) atoms. The number of carbonyl (C=O) groups is 1. The van der Waals surface area contributed by atoms with Crippen LogP contribution in [0, 0.1) is 40.8 Å². The molecule has 0 radical (unpaired) electrons. The van der Waals surface area contributed by atoms with Gasteiger partial charge in [0, 0.05) is 40.8 Å². The van der Waals surface area contributed by atoms with Crippen LogP contribution in [0.15, 0.2) is 0 Å². The van der Waals surface area contributed by atoms with E-state index in [9.17, 15) is 4.79 Å². The van der Waals surface area contributed by atoms with Gasteiger partial charge in [-0.05, 0) is 6.42 Å². The molecule has 0 amide bonds. The minimum Gasteiger partial charge on any atom is -0.468 e. The maximum Gasteiger partial charge on any atom is 0.293 e. The average Bonchev–Trinajstić information content (AvgIpc) is 1.89. The first-order chi connectivity index (χ1) is 4.41. The van der Waals surface area contributed by atoms with Crippen molar-refractivity contribution in [1.82, 2.24) is 0 Å². The van der Waals surface area contributed by atoms with Gasteiger partial charge in [0.15, 0.2) is 0 Å². The van der Waals surface area contributed by atoms with Crippen molar-refractivity contribution in [3.05, 3.63) is 0 Å². The number of hydrogen-bond acceptors (Lipinski definition) is 2. The molecule has 2 nitrogen and oxygen atoms in total. The molecule has 0 aromatic rings. The summed E-state index contributed by atoms with van der Waals surface area (Å²) in [5.74, 6) is 0. The second-order valence-electron chi connectivity index (χ2n) is 2.03. The third-order valence-corrected chi connectivity index (χ3v) is 1.18. The molecule has 0 fully saturated rings. The summed E-state index contributed by atoms with van der Waals surface area (Å²) in [5.41, 5.74) is 0. The fraction of sp³-hybridized carbons (Fsp3) is 0.857. The molecule has 0 aliphatic carbocycles. The normalized spacial score (nSPS) is 8.10. The summed E-state index contributed by atoms with van der Waals surface area (Å²) in [7, 11) is 0. The molecule has 0 saturated heterocycles. The van der Waals surface area contributed by atoms with E-state index in [1.165, 1.54) is 19.3 Å².